The molecule has 1 N–H and O–H groups in total. The van der Waals surface area contributed by atoms with Gasteiger partial charge in [-0.2, -0.15) is 5.21 Å². The normalized spacial score (nSPS) is 17.2. The van der Waals surface area contributed by atoms with Crippen LogP contribution >= 0.6 is 0 Å². The standard InChI is InChI=1S/C29H27FN4O2/c30-27-10-4-1-6-19(27)15-22(35)16-21-14-20(24-7-2-3-8-25(24)29-31-33-34-32-29)17-26-23(18-11-12-18)9-5-13-36-28(21)26/h1-4,6-8,10,14,17-18,23H,5,9,11-13,15-16H2,(H,31,32,33,34). The van der Waals surface area contributed by atoms with Crippen LogP contribution in [0.25, 0.3) is 22.5 Å². The molecule has 1 fully saturated rings. The fraction of sp³-hybridized carbons (Fsp3) is 0.310. The fourth-order valence-electron chi connectivity index (χ4n) is 5.41. The molecule has 3 aromatic carbocycles. The van der Waals surface area contributed by atoms with Gasteiger partial charge in [-0.15, -0.1) is 10.2 Å². The second-order valence-electron chi connectivity index (χ2n) is 9.75. The highest BCUT2D eigenvalue weighted by Gasteiger charge is 2.36. The van der Waals surface area contributed by atoms with Crippen LogP contribution in [-0.4, -0.2) is 33.0 Å². The van der Waals surface area contributed by atoms with Crippen LogP contribution in [0.1, 0.15) is 48.3 Å². The van der Waals surface area contributed by atoms with Gasteiger partial charge >= 0.3 is 0 Å². The summed E-state index contributed by atoms with van der Waals surface area (Å²) in [7, 11) is 0. The van der Waals surface area contributed by atoms with Crippen molar-refractivity contribution in [3.05, 3.63) is 83.2 Å². The first-order valence-electron chi connectivity index (χ1n) is 12.6. The summed E-state index contributed by atoms with van der Waals surface area (Å²) in [5.41, 5.74) is 5.31. The lowest BCUT2D eigenvalue weighted by atomic mass is 9.84. The molecule has 36 heavy (non-hydrogen) atoms. The van der Waals surface area contributed by atoms with Gasteiger partial charge in [-0.3, -0.25) is 4.79 Å². The molecule has 0 radical (unpaired) electrons. The number of aromatic nitrogens is 4. The predicted molar refractivity (Wildman–Crippen MR) is 134 cm³/mol. The lowest BCUT2D eigenvalue weighted by molar-refractivity contribution is -0.117. The minimum absolute atomic E-state index is 0.0401. The number of ketones is 1. The van der Waals surface area contributed by atoms with E-state index >= 15 is 0 Å². The first-order chi connectivity index (χ1) is 17.7. The van der Waals surface area contributed by atoms with Crippen LogP contribution < -0.4 is 4.74 Å². The average molecular weight is 483 g/mol. The Morgan fingerprint density at radius 3 is 2.53 bits per heavy atom. The Morgan fingerprint density at radius 1 is 0.972 bits per heavy atom. The maximum atomic E-state index is 14.2. The number of carbonyl (C=O) groups excluding carboxylic acids is 1. The number of carbonyl (C=O) groups is 1. The third-order valence-electron chi connectivity index (χ3n) is 7.25. The summed E-state index contributed by atoms with van der Waals surface area (Å²) in [5, 5.41) is 14.7. The zero-order valence-electron chi connectivity index (χ0n) is 19.9. The molecule has 0 spiro atoms. The van der Waals surface area contributed by atoms with E-state index in [1.165, 1.54) is 24.5 Å². The fourth-order valence-corrected chi connectivity index (χ4v) is 5.41. The van der Waals surface area contributed by atoms with Gasteiger partial charge in [0.1, 0.15) is 17.3 Å². The molecular weight excluding hydrogens is 455 g/mol. The molecule has 0 saturated heterocycles. The van der Waals surface area contributed by atoms with Crippen molar-refractivity contribution in [2.75, 3.05) is 6.61 Å². The summed E-state index contributed by atoms with van der Waals surface area (Å²) in [6.45, 7) is 0.642. The summed E-state index contributed by atoms with van der Waals surface area (Å²) < 4.78 is 20.5. The maximum Gasteiger partial charge on any atom is 0.205 e. The number of tetrazole rings is 1. The number of hydrogen-bond donors (Lipinski definition) is 1. The first-order valence-corrected chi connectivity index (χ1v) is 12.6. The summed E-state index contributed by atoms with van der Waals surface area (Å²) in [5.74, 6) is 2.05. The van der Waals surface area contributed by atoms with E-state index < -0.39 is 0 Å². The number of nitrogens with one attached hydrogen (secondary N) is 1. The summed E-state index contributed by atoms with van der Waals surface area (Å²) in [6.07, 6.45) is 4.78. The molecule has 2 heterocycles. The van der Waals surface area contributed by atoms with Gasteiger partial charge in [0, 0.05) is 24.0 Å². The van der Waals surface area contributed by atoms with Crippen LogP contribution in [-0.2, 0) is 17.6 Å². The molecule has 1 aromatic heterocycles. The Bertz CT molecular complexity index is 1400. The zero-order valence-corrected chi connectivity index (χ0v) is 19.9. The third kappa shape index (κ3) is 4.53. The van der Waals surface area contributed by atoms with E-state index in [2.05, 4.69) is 26.7 Å². The van der Waals surface area contributed by atoms with Gasteiger partial charge in [-0.1, -0.05) is 42.5 Å². The number of hydrogen-bond acceptors (Lipinski definition) is 5. The SMILES string of the molecule is O=C(Cc1ccccc1F)Cc1cc(-c2ccccc2-c2nn[nH]n2)cc2c1OCCCC2C1CC1. The van der Waals surface area contributed by atoms with Crippen molar-refractivity contribution in [3.63, 3.8) is 0 Å². The number of halogens is 1. The van der Waals surface area contributed by atoms with Gasteiger partial charge in [0.15, 0.2) is 0 Å². The maximum absolute atomic E-state index is 14.2. The molecule has 1 saturated carbocycles. The van der Waals surface area contributed by atoms with Gasteiger partial charge in [-0.25, -0.2) is 4.39 Å². The third-order valence-corrected chi connectivity index (χ3v) is 7.25. The monoisotopic (exact) mass is 482 g/mol. The van der Waals surface area contributed by atoms with Crippen molar-refractivity contribution in [1.29, 1.82) is 0 Å². The molecule has 0 bridgehead atoms. The Balaban J connectivity index is 1.44. The molecular formula is C29H27FN4O2. The second-order valence-corrected chi connectivity index (χ2v) is 9.75. The highest BCUT2D eigenvalue weighted by Crippen LogP contribution is 2.50. The van der Waals surface area contributed by atoms with Crippen molar-refractivity contribution < 1.29 is 13.9 Å². The number of Topliss-reactive ketones (excluding diaryl/α,β-unsaturated/α-hetero) is 1. The van der Waals surface area contributed by atoms with Gasteiger partial charge < -0.3 is 4.74 Å². The number of benzene rings is 3. The number of H-pyrrole nitrogens is 1. The van der Waals surface area contributed by atoms with E-state index in [4.69, 9.17) is 4.74 Å². The Kier molecular flexibility index (Phi) is 6.05. The van der Waals surface area contributed by atoms with E-state index in [0.717, 1.165) is 40.8 Å². The van der Waals surface area contributed by atoms with Crippen molar-refractivity contribution in [3.8, 4) is 28.3 Å². The highest BCUT2D eigenvalue weighted by atomic mass is 19.1. The van der Waals surface area contributed by atoms with Crippen molar-refractivity contribution in [1.82, 2.24) is 20.6 Å². The van der Waals surface area contributed by atoms with Crippen LogP contribution in [0, 0.1) is 11.7 Å². The molecule has 2 aliphatic rings. The van der Waals surface area contributed by atoms with E-state index in [-0.39, 0.29) is 24.4 Å². The largest absolute Gasteiger partial charge is 0.493 e. The average Bonchev–Trinajstić information content (AvgIpc) is 3.62. The van der Waals surface area contributed by atoms with Crippen LogP contribution in [0.5, 0.6) is 5.75 Å². The van der Waals surface area contributed by atoms with E-state index in [1.807, 2.05) is 30.3 Å². The van der Waals surface area contributed by atoms with Crippen molar-refractivity contribution in [2.45, 2.75) is 44.4 Å². The molecule has 6 nitrogen and oxygen atoms in total. The molecule has 1 aliphatic carbocycles. The van der Waals surface area contributed by atoms with Crippen molar-refractivity contribution >= 4 is 5.78 Å². The second kappa shape index (κ2) is 9.64. The van der Waals surface area contributed by atoms with Crippen LogP contribution in [0.2, 0.25) is 0 Å². The van der Waals surface area contributed by atoms with Gasteiger partial charge in [0.05, 0.1) is 6.61 Å². The van der Waals surface area contributed by atoms with E-state index in [1.54, 1.807) is 18.2 Å². The minimum atomic E-state index is -0.350. The number of rotatable bonds is 7. The smallest absolute Gasteiger partial charge is 0.205 e. The van der Waals surface area contributed by atoms with Crippen LogP contribution in [0.3, 0.4) is 0 Å². The number of nitrogens with zero attached hydrogens (tertiary/aromatic N) is 3. The summed E-state index contributed by atoms with van der Waals surface area (Å²) in [6, 6.07) is 18.7. The minimum Gasteiger partial charge on any atom is -0.493 e. The number of aromatic amines is 1. The van der Waals surface area contributed by atoms with Crippen molar-refractivity contribution in [2.24, 2.45) is 5.92 Å². The zero-order chi connectivity index (χ0) is 24.5. The lowest BCUT2D eigenvalue weighted by Gasteiger charge is -2.21. The Morgan fingerprint density at radius 2 is 1.75 bits per heavy atom. The molecule has 7 heteroatoms. The predicted octanol–water partition coefficient (Wildman–Crippen LogP) is 5.69. The van der Waals surface area contributed by atoms with E-state index in [0.29, 0.717) is 29.8 Å². The topological polar surface area (TPSA) is 80.8 Å². The molecule has 1 aliphatic heterocycles. The van der Waals surface area contributed by atoms with Gasteiger partial charge in [-0.05, 0) is 83.2 Å². The van der Waals surface area contributed by atoms with Crippen LogP contribution in [0.4, 0.5) is 4.39 Å². The Hall–Kier alpha value is -3.87. The first kappa shape index (κ1) is 22.6. The number of fused-ring (bicyclic) bond motifs is 1. The summed E-state index contributed by atoms with van der Waals surface area (Å²) in [4.78, 5) is 13.2. The highest BCUT2D eigenvalue weighted by molar-refractivity contribution is 5.86. The molecule has 4 aromatic rings. The van der Waals surface area contributed by atoms with Gasteiger partial charge in [0.25, 0.3) is 0 Å². The van der Waals surface area contributed by atoms with Gasteiger partial charge in [0.2, 0.25) is 5.82 Å². The Labute approximate surface area is 208 Å². The molecule has 1 unspecified atom stereocenters. The molecule has 6 rings (SSSR count). The molecule has 182 valence electrons. The summed E-state index contributed by atoms with van der Waals surface area (Å²) >= 11 is 0. The molecule has 0 amide bonds. The quantitative estimate of drug-likeness (QED) is 0.366. The lowest BCUT2D eigenvalue weighted by Crippen LogP contribution is -2.11. The van der Waals surface area contributed by atoms with E-state index in [9.17, 15) is 9.18 Å². The van der Waals surface area contributed by atoms with Crippen LogP contribution in [0.15, 0.2) is 60.7 Å². The molecule has 1 atom stereocenters. The number of ether oxygens (including phenoxy) is 1.